The lowest BCUT2D eigenvalue weighted by Crippen LogP contribution is -2.22. The Morgan fingerprint density at radius 3 is 2.47 bits per heavy atom. The SMILES string of the molecule is CCCCCCC#CCC1(O)CCCC1. The van der Waals surface area contributed by atoms with Gasteiger partial charge in [0.05, 0.1) is 5.60 Å². The van der Waals surface area contributed by atoms with Crippen LogP contribution in [-0.4, -0.2) is 10.7 Å². The molecule has 0 aromatic rings. The summed E-state index contributed by atoms with van der Waals surface area (Å²) in [6.07, 6.45) is 11.1. The third-order valence-electron chi connectivity index (χ3n) is 3.23. The van der Waals surface area contributed by atoms with Crippen molar-refractivity contribution in [1.82, 2.24) is 0 Å². The van der Waals surface area contributed by atoms with Crippen LogP contribution in [0.25, 0.3) is 0 Å². The van der Waals surface area contributed by atoms with Crippen molar-refractivity contribution in [2.75, 3.05) is 0 Å². The highest BCUT2D eigenvalue weighted by Gasteiger charge is 2.29. The summed E-state index contributed by atoms with van der Waals surface area (Å²) in [6.45, 7) is 2.22. The molecule has 0 saturated heterocycles. The van der Waals surface area contributed by atoms with Crippen LogP contribution in [-0.2, 0) is 0 Å². The number of rotatable bonds is 5. The lowest BCUT2D eigenvalue weighted by atomic mass is 9.98. The highest BCUT2D eigenvalue weighted by atomic mass is 16.3. The maximum absolute atomic E-state index is 10.0. The van der Waals surface area contributed by atoms with E-state index in [2.05, 4.69) is 18.8 Å². The molecule has 1 aliphatic carbocycles. The smallest absolute Gasteiger partial charge is 0.0756 e. The highest BCUT2D eigenvalue weighted by molar-refractivity contribution is 5.04. The molecule has 1 N–H and O–H groups in total. The van der Waals surface area contributed by atoms with Crippen molar-refractivity contribution in [2.24, 2.45) is 0 Å². The minimum absolute atomic E-state index is 0.434. The van der Waals surface area contributed by atoms with Crippen LogP contribution in [0.1, 0.15) is 71.1 Å². The lowest BCUT2D eigenvalue weighted by Gasteiger charge is -2.17. The van der Waals surface area contributed by atoms with Gasteiger partial charge in [-0.05, 0) is 19.3 Å². The predicted molar refractivity (Wildman–Crippen MR) is 64.6 cm³/mol. The first kappa shape index (κ1) is 12.6. The zero-order valence-electron chi connectivity index (χ0n) is 10.0. The Morgan fingerprint density at radius 2 is 1.80 bits per heavy atom. The van der Waals surface area contributed by atoms with Crippen LogP contribution in [0.15, 0.2) is 0 Å². The molecule has 1 fully saturated rings. The summed E-state index contributed by atoms with van der Waals surface area (Å²) in [5, 5.41) is 10.0. The van der Waals surface area contributed by atoms with E-state index in [0.29, 0.717) is 6.42 Å². The summed E-state index contributed by atoms with van der Waals surface area (Å²) in [5.74, 6) is 6.33. The second-order valence-corrected chi connectivity index (χ2v) is 4.77. The molecule has 0 bridgehead atoms. The fourth-order valence-electron chi connectivity index (χ4n) is 2.17. The minimum atomic E-state index is -0.434. The number of hydrogen-bond donors (Lipinski definition) is 1. The molecule has 15 heavy (non-hydrogen) atoms. The third-order valence-corrected chi connectivity index (χ3v) is 3.23. The monoisotopic (exact) mass is 208 g/mol. The van der Waals surface area contributed by atoms with Gasteiger partial charge >= 0.3 is 0 Å². The van der Waals surface area contributed by atoms with Crippen LogP contribution in [0.3, 0.4) is 0 Å². The lowest BCUT2D eigenvalue weighted by molar-refractivity contribution is 0.0532. The van der Waals surface area contributed by atoms with E-state index in [1.54, 1.807) is 0 Å². The van der Waals surface area contributed by atoms with Gasteiger partial charge in [0.15, 0.2) is 0 Å². The van der Waals surface area contributed by atoms with Gasteiger partial charge in [0.1, 0.15) is 0 Å². The summed E-state index contributed by atoms with van der Waals surface area (Å²) in [7, 11) is 0. The Hall–Kier alpha value is -0.480. The molecule has 1 aliphatic rings. The average molecular weight is 208 g/mol. The molecule has 0 aromatic heterocycles. The normalized spacial score (nSPS) is 18.5. The molecule has 1 nitrogen and oxygen atoms in total. The fraction of sp³-hybridized carbons (Fsp3) is 0.857. The standard InChI is InChI=1S/C14H24O/c1-2-3-4-5-6-7-8-11-14(15)12-9-10-13-14/h15H,2-6,9-13H2,1H3. The first-order chi connectivity index (χ1) is 7.27. The molecule has 0 amide bonds. The molecule has 0 aromatic carbocycles. The molecule has 1 rings (SSSR count). The van der Waals surface area contributed by atoms with Crippen molar-refractivity contribution >= 4 is 0 Å². The summed E-state index contributed by atoms with van der Waals surface area (Å²) >= 11 is 0. The van der Waals surface area contributed by atoms with Gasteiger partial charge in [-0.3, -0.25) is 0 Å². The van der Waals surface area contributed by atoms with Gasteiger partial charge in [-0.2, -0.15) is 0 Å². The van der Waals surface area contributed by atoms with Crippen molar-refractivity contribution in [1.29, 1.82) is 0 Å². The fourth-order valence-corrected chi connectivity index (χ4v) is 2.17. The van der Waals surface area contributed by atoms with E-state index in [9.17, 15) is 5.11 Å². The van der Waals surface area contributed by atoms with Gasteiger partial charge < -0.3 is 5.11 Å². The minimum Gasteiger partial charge on any atom is -0.389 e. The van der Waals surface area contributed by atoms with Crippen molar-refractivity contribution in [3.8, 4) is 11.8 Å². The van der Waals surface area contributed by atoms with E-state index in [0.717, 1.165) is 19.3 Å². The maximum Gasteiger partial charge on any atom is 0.0756 e. The van der Waals surface area contributed by atoms with Gasteiger partial charge in [-0.25, -0.2) is 0 Å². The van der Waals surface area contributed by atoms with Crippen LogP contribution < -0.4 is 0 Å². The van der Waals surface area contributed by atoms with Gasteiger partial charge in [-0.15, -0.1) is 11.8 Å². The quantitative estimate of drug-likeness (QED) is 0.540. The second kappa shape index (κ2) is 6.90. The third kappa shape index (κ3) is 5.23. The Morgan fingerprint density at radius 1 is 1.07 bits per heavy atom. The molecule has 0 aliphatic heterocycles. The molecule has 0 spiro atoms. The van der Waals surface area contributed by atoms with Crippen molar-refractivity contribution in [2.45, 2.75) is 76.7 Å². The molecule has 0 radical (unpaired) electrons. The van der Waals surface area contributed by atoms with E-state index < -0.39 is 5.60 Å². The van der Waals surface area contributed by atoms with Crippen LogP contribution in [0.4, 0.5) is 0 Å². The van der Waals surface area contributed by atoms with Gasteiger partial charge in [-0.1, -0.05) is 39.0 Å². The van der Waals surface area contributed by atoms with Crippen molar-refractivity contribution in [3.05, 3.63) is 0 Å². The maximum atomic E-state index is 10.0. The van der Waals surface area contributed by atoms with Crippen molar-refractivity contribution in [3.63, 3.8) is 0 Å². The van der Waals surface area contributed by atoms with Crippen molar-refractivity contribution < 1.29 is 5.11 Å². The summed E-state index contributed by atoms with van der Waals surface area (Å²) < 4.78 is 0. The summed E-state index contributed by atoms with van der Waals surface area (Å²) in [6, 6.07) is 0. The van der Waals surface area contributed by atoms with Crippen LogP contribution in [0.2, 0.25) is 0 Å². The zero-order chi connectivity index (χ0) is 11.0. The second-order valence-electron chi connectivity index (χ2n) is 4.77. The van der Waals surface area contributed by atoms with Crippen LogP contribution in [0, 0.1) is 11.8 Å². The largest absolute Gasteiger partial charge is 0.389 e. The Balaban J connectivity index is 2.05. The number of unbranched alkanes of at least 4 members (excludes halogenated alkanes) is 4. The van der Waals surface area contributed by atoms with E-state index in [1.807, 2.05) is 0 Å². The first-order valence-corrected chi connectivity index (χ1v) is 6.45. The number of hydrogen-bond acceptors (Lipinski definition) is 1. The molecule has 0 atom stereocenters. The van der Waals surface area contributed by atoms with Crippen LogP contribution in [0.5, 0.6) is 0 Å². The Labute approximate surface area is 94.3 Å². The van der Waals surface area contributed by atoms with Gasteiger partial charge in [0, 0.05) is 12.8 Å². The molecule has 86 valence electrons. The topological polar surface area (TPSA) is 20.2 Å². The number of aliphatic hydroxyl groups is 1. The van der Waals surface area contributed by atoms with Gasteiger partial charge in [0.2, 0.25) is 0 Å². The average Bonchev–Trinajstić information content (AvgIpc) is 2.64. The van der Waals surface area contributed by atoms with Gasteiger partial charge in [0.25, 0.3) is 0 Å². The zero-order valence-corrected chi connectivity index (χ0v) is 10.0. The first-order valence-electron chi connectivity index (χ1n) is 6.45. The summed E-state index contributed by atoms with van der Waals surface area (Å²) in [4.78, 5) is 0. The van der Waals surface area contributed by atoms with E-state index >= 15 is 0 Å². The Bertz CT molecular complexity index is 215. The van der Waals surface area contributed by atoms with E-state index in [-0.39, 0.29) is 0 Å². The predicted octanol–water partition coefficient (Wildman–Crippen LogP) is 3.66. The highest BCUT2D eigenvalue weighted by Crippen LogP contribution is 2.31. The summed E-state index contributed by atoms with van der Waals surface area (Å²) in [5.41, 5.74) is -0.434. The van der Waals surface area contributed by atoms with Crippen LogP contribution >= 0.6 is 0 Å². The molecular formula is C14H24O. The molecule has 0 heterocycles. The molecule has 1 heteroatoms. The van der Waals surface area contributed by atoms with E-state index in [4.69, 9.17) is 0 Å². The Kier molecular flexibility index (Phi) is 5.79. The molecular weight excluding hydrogens is 184 g/mol. The molecule has 1 saturated carbocycles. The van der Waals surface area contributed by atoms with E-state index in [1.165, 1.54) is 38.5 Å². The molecule has 0 unspecified atom stereocenters.